The summed E-state index contributed by atoms with van der Waals surface area (Å²) in [4.78, 5) is 90.7. The molecule has 0 aromatic heterocycles. The molecule has 67 heavy (non-hydrogen) atoms. The monoisotopic (exact) mass is 936 g/mol. The van der Waals surface area contributed by atoms with Crippen molar-refractivity contribution in [1.82, 2.24) is 0 Å². The number of carbonyl (C=O) groups is 7. The molecule has 2 aliphatic carbocycles. The second kappa shape index (κ2) is 20.4. The number of anilines is 1. The van der Waals surface area contributed by atoms with Gasteiger partial charge in [-0.1, -0.05) is 18.2 Å². The normalized spacial score (nSPS) is 23.1. The lowest BCUT2D eigenvalue weighted by Gasteiger charge is -2.42. The smallest absolute Gasteiger partial charge is 0.311 e. The van der Waals surface area contributed by atoms with Crippen molar-refractivity contribution in [1.29, 1.82) is 0 Å². The minimum atomic E-state index is -2.41. The van der Waals surface area contributed by atoms with E-state index in [9.17, 15) is 79.5 Å². The van der Waals surface area contributed by atoms with Crippen molar-refractivity contribution in [2.45, 2.75) is 120 Å². The van der Waals surface area contributed by atoms with E-state index in [0.717, 1.165) is 6.07 Å². The molecule has 21 heteroatoms. The summed E-state index contributed by atoms with van der Waals surface area (Å²) >= 11 is 0. The van der Waals surface area contributed by atoms with Crippen molar-refractivity contribution in [3.8, 4) is 23.0 Å². The number of aliphatic hydroxyl groups excluding tert-OH is 5. The van der Waals surface area contributed by atoms with E-state index in [1.54, 1.807) is 0 Å². The fraction of sp³-hybridized carbons (Fsp3) is 0.457. The fourth-order valence-corrected chi connectivity index (χ4v) is 8.92. The molecule has 0 radical (unpaired) electrons. The maximum Gasteiger partial charge on any atom is 0.311 e. The molecule has 0 bridgehead atoms. The van der Waals surface area contributed by atoms with Gasteiger partial charge in [-0.2, -0.15) is 0 Å². The van der Waals surface area contributed by atoms with Gasteiger partial charge in [-0.05, 0) is 43.4 Å². The van der Waals surface area contributed by atoms with Crippen molar-refractivity contribution in [2.75, 3.05) is 12.3 Å². The molecule has 0 saturated carbocycles. The number of nitrogens with two attached hydrogens (primary N) is 2. The molecule has 0 spiro atoms. The highest BCUT2D eigenvalue weighted by molar-refractivity contribution is 6.31. The lowest BCUT2D eigenvalue weighted by molar-refractivity contribution is -0.257. The summed E-state index contributed by atoms with van der Waals surface area (Å²) in [5, 5.41) is 96.5. The Kier molecular flexibility index (Phi) is 15.3. The van der Waals surface area contributed by atoms with Gasteiger partial charge in [-0.25, -0.2) is 0 Å². The summed E-state index contributed by atoms with van der Waals surface area (Å²) in [6.45, 7) is -0.287. The molecule has 3 aliphatic rings. The molecule has 8 atom stereocenters. The number of esters is 1. The fourth-order valence-electron chi connectivity index (χ4n) is 8.92. The van der Waals surface area contributed by atoms with Crippen molar-refractivity contribution in [3.63, 3.8) is 0 Å². The summed E-state index contributed by atoms with van der Waals surface area (Å²) in [6.07, 6.45) is -11.5. The van der Waals surface area contributed by atoms with Gasteiger partial charge in [0.1, 0.15) is 46.6 Å². The van der Waals surface area contributed by atoms with Crippen LogP contribution in [0.4, 0.5) is 5.69 Å². The Hall–Kier alpha value is -6.17. The first-order valence-corrected chi connectivity index (χ1v) is 21.4. The summed E-state index contributed by atoms with van der Waals surface area (Å²) < 4.78 is 17.2. The van der Waals surface area contributed by atoms with Gasteiger partial charge >= 0.3 is 5.97 Å². The highest BCUT2D eigenvalue weighted by Crippen LogP contribution is 2.52. The summed E-state index contributed by atoms with van der Waals surface area (Å²) in [6, 6.07) is 6.46. The van der Waals surface area contributed by atoms with E-state index in [1.807, 2.05) is 0 Å². The molecule has 1 fully saturated rings. The molecule has 3 aromatic carbocycles. The molecule has 3 unspecified atom stereocenters. The zero-order valence-electron chi connectivity index (χ0n) is 36.2. The van der Waals surface area contributed by atoms with Crippen LogP contribution in [0.2, 0.25) is 0 Å². The number of rotatable bonds is 19. The zero-order valence-corrected chi connectivity index (χ0v) is 36.2. The number of ketones is 5. The van der Waals surface area contributed by atoms with Gasteiger partial charge in [0.25, 0.3) is 5.91 Å². The number of aromatic hydroxyl groups is 3. The van der Waals surface area contributed by atoms with Gasteiger partial charge < -0.3 is 71.6 Å². The van der Waals surface area contributed by atoms with Crippen LogP contribution in [0.3, 0.4) is 0 Å². The zero-order chi connectivity index (χ0) is 49.2. The molecule has 1 aliphatic heterocycles. The summed E-state index contributed by atoms with van der Waals surface area (Å²) in [5.41, 5.74) is 5.62. The highest BCUT2D eigenvalue weighted by atomic mass is 16.7. The predicted octanol–water partition coefficient (Wildman–Crippen LogP) is 0.357. The Labute approximate surface area is 381 Å². The molecule has 3 aromatic rings. The highest BCUT2D eigenvalue weighted by Gasteiger charge is 2.50. The Bertz CT molecular complexity index is 2500. The Morgan fingerprint density at radius 3 is 2.18 bits per heavy atom. The van der Waals surface area contributed by atoms with Crippen molar-refractivity contribution < 1.29 is 93.7 Å². The number of phenols is 3. The van der Waals surface area contributed by atoms with Crippen LogP contribution in [0.1, 0.15) is 130 Å². The summed E-state index contributed by atoms with van der Waals surface area (Å²) in [5.74, 6) is -9.29. The van der Waals surface area contributed by atoms with E-state index in [1.165, 1.54) is 31.2 Å². The number of carbonyl (C=O) groups excluding carboxylic acids is 7. The number of Topliss-reactive ketones (excluding diaryl/α,β-unsaturated/α-hetero) is 3. The number of benzene rings is 3. The number of nitrogen functional groups attached to an aromatic ring is 1. The van der Waals surface area contributed by atoms with Crippen molar-refractivity contribution in [3.05, 3.63) is 74.8 Å². The van der Waals surface area contributed by atoms with E-state index < -0.39 is 156 Å². The topological polar surface area (TPSA) is 381 Å². The van der Waals surface area contributed by atoms with E-state index in [-0.39, 0.29) is 84.2 Å². The first-order valence-electron chi connectivity index (χ1n) is 21.4. The largest absolute Gasteiger partial charge is 0.507 e. The Balaban J connectivity index is 1.07. The van der Waals surface area contributed by atoms with Gasteiger partial charge in [0.2, 0.25) is 0 Å². The third-order valence-electron chi connectivity index (χ3n) is 12.6. The number of phenolic OH excluding ortho intramolecular Hbond substituents is 2. The number of amides is 1. The number of ether oxygens (including phenoxy) is 3. The van der Waals surface area contributed by atoms with E-state index in [4.69, 9.17) is 25.7 Å². The van der Waals surface area contributed by atoms with E-state index >= 15 is 0 Å². The number of hydrogen-bond donors (Lipinski definition) is 11. The van der Waals surface area contributed by atoms with Crippen LogP contribution in [0.15, 0.2) is 30.3 Å². The molecule has 1 heterocycles. The quantitative estimate of drug-likeness (QED) is 0.0199. The first kappa shape index (κ1) is 50.2. The molecule has 13 N–H and O–H groups in total. The van der Waals surface area contributed by atoms with E-state index in [0.29, 0.717) is 0 Å². The SMILES string of the molecule is C[C@@H]1OC(O[C@@H]2C[C@](O)(C(=O)CO)Cc3c(O)c4c(c(O)c32)C(=O)c2c(CO)cccc2C4=O)C[C@H](CC(=O)CCC(=O)CCC(O)C(O)CCC(=O)Oc2ccc(N)c(O)c2C(N)=O)[C@@H]1O. The van der Waals surface area contributed by atoms with Gasteiger partial charge in [0, 0.05) is 73.6 Å². The van der Waals surface area contributed by atoms with Crippen LogP contribution in [0.25, 0.3) is 0 Å². The predicted molar refractivity (Wildman–Crippen MR) is 228 cm³/mol. The van der Waals surface area contributed by atoms with Crippen molar-refractivity contribution >= 4 is 46.5 Å². The molecule has 6 rings (SSSR count). The summed E-state index contributed by atoms with van der Waals surface area (Å²) in [7, 11) is 0. The second-order valence-electron chi connectivity index (χ2n) is 17.1. The maximum absolute atomic E-state index is 13.9. The Morgan fingerprint density at radius 1 is 0.866 bits per heavy atom. The van der Waals surface area contributed by atoms with Gasteiger partial charge in [-0.15, -0.1) is 0 Å². The lowest BCUT2D eigenvalue weighted by Crippen LogP contribution is -2.49. The second-order valence-corrected chi connectivity index (χ2v) is 17.1. The number of primary amides is 1. The molecular formula is C46H52N2O19. The molecule has 360 valence electrons. The molecule has 1 amide bonds. The van der Waals surface area contributed by atoms with Crippen LogP contribution in [0.5, 0.6) is 23.0 Å². The van der Waals surface area contributed by atoms with Gasteiger partial charge in [0.15, 0.2) is 29.4 Å². The van der Waals surface area contributed by atoms with Crippen LogP contribution in [0, 0.1) is 5.92 Å². The molecular weight excluding hydrogens is 885 g/mol. The number of aliphatic hydroxyl groups is 6. The third kappa shape index (κ3) is 10.2. The third-order valence-corrected chi connectivity index (χ3v) is 12.6. The minimum absolute atomic E-state index is 0.0784. The lowest BCUT2D eigenvalue weighted by atomic mass is 9.71. The van der Waals surface area contributed by atoms with E-state index in [2.05, 4.69) is 0 Å². The Morgan fingerprint density at radius 2 is 1.52 bits per heavy atom. The molecule has 21 nitrogen and oxygen atoms in total. The average molecular weight is 937 g/mol. The van der Waals surface area contributed by atoms with Crippen LogP contribution in [-0.4, -0.2) is 130 Å². The molecule has 1 saturated heterocycles. The van der Waals surface area contributed by atoms with Crippen LogP contribution >= 0.6 is 0 Å². The van der Waals surface area contributed by atoms with Crippen LogP contribution < -0.4 is 16.2 Å². The maximum atomic E-state index is 13.9. The average Bonchev–Trinajstić information content (AvgIpc) is 3.28. The van der Waals surface area contributed by atoms with Gasteiger partial charge in [0.05, 0.1) is 53.9 Å². The van der Waals surface area contributed by atoms with Crippen LogP contribution in [-0.2, 0) is 41.7 Å². The first-order chi connectivity index (χ1) is 31.6. The standard InChI is InChI=1S/C46H52N2O19/c1-19-39(57)21(13-23(52)6-5-22(51)7-9-27(53)28(54)10-12-32(56)66-29-11-8-26(47)42(60)36(29)45(48)63)14-33(65-19)67-30-16-46(64,31(55)18-50)15-25-35(30)44(62)38-37(41(25)59)40(58)24-4-2-3-20(17-49)34(24)43(38)61/h2-4,8,11,19,21,27-28,30,33,39,49-50,53-54,57,59-60,62,64H,5-7,9-10,12-18,47H2,1H3,(H2,48,63)/t19-,21-,27?,28?,30+,33?,39+,46-/m0/s1. The number of fused-ring (bicyclic) bond motifs is 3. The van der Waals surface area contributed by atoms with Crippen molar-refractivity contribution in [2.24, 2.45) is 11.7 Å². The van der Waals surface area contributed by atoms with Gasteiger partial charge in [-0.3, -0.25) is 33.6 Å². The number of hydrogen-bond acceptors (Lipinski definition) is 20. The minimum Gasteiger partial charge on any atom is -0.507 e.